The fourth-order valence-electron chi connectivity index (χ4n) is 2.58. The van der Waals surface area contributed by atoms with Gasteiger partial charge < -0.3 is 5.32 Å². The van der Waals surface area contributed by atoms with E-state index in [1.807, 2.05) is 6.08 Å². The number of benzene rings is 1. The quantitative estimate of drug-likeness (QED) is 0.481. The Bertz CT molecular complexity index is 381. The molecule has 0 aliphatic rings. The van der Waals surface area contributed by atoms with Crippen molar-refractivity contribution < 1.29 is 0 Å². The lowest BCUT2D eigenvalue weighted by atomic mass is 9.93. The Kier molecular flexibility index (Phi) is 7.50. The second-order valence-electron chi connectivity index (χ2n) is 5.33. The Labute approximate surface area is 119 Å². The number of rotatable bonds is 9. The maximum atomic E-state index is 3.78. The molecule has 0 saturated carbocycles. The summed E-state index contributed by atoms with van der Waals surface area (Å²) in [7, 11) is 0. The third kappa shape index (κ3) is 5.20. The van der Waals surface area contributed by atoms with Crippen molar-refractivity contribution in [3.63, 3.8) is 0 Å². The Morgan fingerprint density at radius 1 is 1.21 bits per heavy atom. The zero-order chi connectivity index (χ0) is 14.1. The van der Waals surface area contributed by atoms with E-state index in [0.29, 0.717) is 6.04 Å². The molecule has 1 atom stereocenters. The first-order valence-electron chi connectivity index (χ1n) is 7.61. The van der Waals surface area contributed by atoms with Gasteiger partial charge in [0, 0.05) is 6.04 Å². The van der Waals surface area contributed by atoms with Gasteiger partial charge in [0.15, 0.2) is 0 Å². The molecule has 1 aromatic rings. The third-order valence-electron chi connectivity index (χ3n) is 3.87. The summed E-state index contributed by atoms with van der Waals surface area (Å²) in [6.45, 7) is 11.4. The molecule has 0 aliphatic carbocycles. The maximum Gasteiger partial charge on any atom is 0.0322 e. The van der Waals surface area contributed by atoms with Crippen molar-refractivity contribution in [3.05, 3.63) is 47.5 Å². The van der Waals surface area contributed by atoms with E-state index in [0.717, 1.165) is 13.0 Å². The second-order valence-corrected chi connectivity index (χ2v) is 5.33. The van der Waals surface area contributed by atoms with Gasteiger partial charge in [0.2, 0.25) is 0 Å². The number of hydrogen-bond acceptors (Lipinski definition) is 1. The van der Waals surface area contributed by atoms with Crippen molar-refractivity contribution in [2.75, 3.05) is 6.54 Å². The second kappa shape index (κ2) is 8.92. The van der Waals surface area contributed by atoms with Crippen molar-refractivity contribution in [1.82, 2.24) is 5.32 Å². The van der Waals surface area contributed by atoms with Crippen LogP contribution in [0.4, 0.5) is 0 Å². The minimum Gasteiger partial charge on any atom is -0.310 e. The Balaban J connectivity index is 2.60. The van der Waals surface area contributed by atoms with Crippen LogP contribution in [0.2, 0.25) is 0 Å². The Hall–Kier alpha value is -1.08. The highest BCUT2D eigenvalue weighted by atomic mass is 14.9. The van der Waals surface area contributed by atoms with Gasteiger partial charge in [-0.25, -0.2) is 0 Å². The molecule has 1 rings (SSSR count). The standard InChI is InChI=1S/C18H29N/c1-5-7-8-9-10-14-18(19-6-2)17-13-11-12-15(3)16(17)4/h5,11-13,18-19H,1,6-10,14H2,2-4H3. The smallest absolute Gasteiger partial charge is 0.0322 e. The molecule has 1 nitrogen and oxygen atoms in total. The summed E-state index contributed by atoms with van der Waals surface area (Å²) in [6.07, 6.45) is 8.27. The van der Waals surface area contributed by atoms with E-state index in [2.05, 4.69) is 50.9 Å². The lowest BCUT2D eigenvalue weighted by Gasteiger charge is -2.21. The van der Waals surface area contributed by atoms with Gasteiger partial charge in [0.1, 0.15) is 0 Å². The van der Waals surface area contributed by atoms with E-state index in [4.69, 9.17) is 0 Å². The normalized spacial score (nSPS) is 12.4. The van der Waals surface area contributed by atoms with Gasteiger partial charge in [-0.3, -0.25) is 0 Å². The molecule has 1 heteroatoms. The number of aryl methyl sites for hydroxylation is 1. The van der Waals surface area contributed by atoms with Crippen LogP contribution in [0.15, 0.2) is 30.9 Å². The fraction of sp³-hybridized carbons (Fsp3) is 0.556. The average Bonchev–Trinajstić information content (AvgIpc) is 2.41. The van der Waals surface area contributed by atoms with E-state index in [9.17, 15) is 0 Å². The van der Waals surface area contributed by atoms with Crippen LogP contribution in [0.25, 0.3) is 0 Å². The number of allylic oxidation sites excluding steroid dienone is 1. The first-order valence-corrected chi connectivity index (χ1v) is 7.61. The van der Waals surface area contributed by atoms with Gasteiger partial charge >= 0.3 is 0 Å². The van der Waals surface area contributed by atoms with E-state index in [1.165, 1.54) is 42.4 Å². The molecule has 0 saturated heterocycles. The monoisotopic (exact) mass is 259 g/mol. The van der Waals surface area contributed by atoms with Crippen molar-refractivity contribution in [1.29, 1.82) is 0 Å². The molecule has 1 unspecified atom stereocenters. The van der Waals surface area contributed by atoms with Crippen LogP contribution in [0, 0.1) is 13.8 Å². The summed E-state index contributed by atoms with van der Waals surface area (Å²) < 4.78 is 0. The van der Waals surface area contributed by atoms with Crippen LogP contribution in [0.1, 0.15) is 61.8 Å². The van der Waals surface area contributed by atoms with Crippen LogP contribution >= 0.6 is 0 Å². The van der Waals surface area contributed by atoms with Gasteiger partial charge in [-0.2, -0.15) is 0 Å². The molecule has 0 fully saturated rings. The maximum absolute atomic E-state index is 3.78. The molecule has 1 N–H and O–H groups in total. The molecule has 0 heterocycles. The van der Waals surface area contributed by atoms with E-state index < -0.39 is 0 Å². The molecular formula is C18H29N. The summed E-state index contributed by atoms with van der Waals surface area (Å²) in [5.41, 5.74) is 4.32. The summed E-state index contributed by atoms with van der Waals surface area (Å²) in [5.74, 6) is 0. The molecule has 0 aliphatic heterocycles. The predicted molar refractivity (Wildman–Crippen MR) is 85.6 cm³/mol. The summed E-state index contributed by atoms with van der Waals surface area (Å²) in [5, 5.41) is 3.64. The Morgan fingerprint density at radius 3 is 2.68 bits per heavy atom. The highest BCUT2D eigenvalue weighted by Crippen LogP contribution is 2.25. The van der Waals surface area contributed by atoms with E-state index >= 15 is 0 Å². The van der Waals surface area contributed by atoms with Crippen LogP contribution in [-0.4, -0.2) is 6.54 Å². The Morgan fingerprint density at radius 2 is 2.00 bits per heavy atom. The lowest BCUT2D eigenvalue weighted by molar-refractivity contribution is 0.482. The topological polar surface area (TPSA) is 12.0 Å². The van der Waals surface area contributed by atoms with Crippen molar-refractivity contribution in [2.45, 2.75) is 58.9 Å². The van der Waals surface area contributed by atoms with Crippen molar-refractivity contribution >= 4 is 0 Å². The largest absolute Gasteiger partial charge is 0.310 e. The van der Waals surface area contributed by atoms with Gasteiger partial charge in [0.25, 0.3) is 0 Å². The zero-order valence-electron chi connectivity index (χ0n) is 12.8. The number of nitrogens with one attached hydrogen (secondary N) is 1. The average molecular weight is 259 g/mol. The molecule has 0 amide bonds. The SMILES string of the molecule is C=CCCCCCC(NCC)c1cccc(C)c1C. The first kappa shape index (κ1) is 16.0. The molecule has 0 radical (unpaired) electrons. The molecule has 0 spiro atoms. The highest BCUT2D eigenvalue weighted by molar-refractivity contribution is 5.35. The van der Waals surface area contributed by atoms with Gasteiger partial charge in [0.05, 0.1) is 0 Å². The number of hydrogen-bond donors (Lipinski definition) is 1. The molecular weight excluding hydrogens is 230 g/mol. The van der Waals surface area contributed by atoms with Crippen LogP contribution in [0.3, 0.4) is 0 Å². The summed E-state index contributed by atoms with van der Waals surface area (Å²) in [4.78, 5) is 0. The van der Waals surface area contributed by atoms with E-state index in [-0.39, 0.29) is 0 Å². The molecule has 1 aromatic carbocycles. The van der Waals surface area contributed by atoms with E-state index in [1.54, 1.807) is 0 Å². The van der Waals surface area contributed by atoms with Crippen molar-refractivity contribution in [3.8, 4) is 0 Å². The van der Waals surface area contributed by atoms with Crippen LogP contribution in [-0.2, 0) is 0 Å². The molecule has 106 valence electrons. The summed E-state index contributed by atoms with van der Waals surface area (Å²) in [6, 6.07) is 7.17. The lowest BCUT2D eigenvalue weighted by Crippen LogP contribution is -2.22. The minimum absolute atomic E-state index is 0.508. The predicted octanol–water partition coefficient (Wildman–Crippen LogP) is 5.09. The summed E-state index contributed by atoms with van der Waals surface area (Å²) >= 11 is 0. The molecule has 0 aromatic heterocycles. The minimum atomic E-state index is 0.508. The number of unbranched alkanes of at least 4 members (excludes halogenated alkanes) is 3. The van der Waals surface area contributed by atoms with Gasteiger partial charge in [-0.1, -0.05) is 44.0 Å². The molecule has 19 heavy (non-hydrogen) atoms. The fourth-order valence-corrected chi connectivity index (χ4v) is 2.58. The van der Waals surface area contributed by atoms with Gasteiger partial charge in [-0.05, 0) is 56.3 Å². The van der Waals surface area contributed by atoms with Crippen LogP contribution in [0.5, 0.6) is 0 Å². The van der Waals surface area contributed by atoms with Gasteiger partial charge in [-0.15, -0.1) is 6.58 Å². The van der Waals surface area contributed by atoms with Crippen molar-refractivity contribution in [2.24, 2.45) is 0 Å². The third-order valence-corrected chi connectivity index (χ3v) is 3.87. The highest BCUT2D eigenvalue weighted by Gasteiger charge is 2.12. The zero-order valence-corrected chi connectivity index (χ0v) is 12.8. The molecule has 0 bridgehead atoms. The first-order chi connectivity index (χ1) is 9.20. The van der Waals surface area contributed by atoms with Crippen LogP contribution < -0.4 is 5.32 Å².